The topological polar surface area (TPSA) is 55.8 Å². The van der Waals surface area contributed by atoms with Crippen molar-refractivity contribution in [3.8, 4) is 11.5 Å². The predicted octanol–water partition coefficient (Wildman–Crippen LogP) is 3.23. The summed E-state index contributed by atoms with van der Waals surface area (Å²) in [7, 11) is 1.51. The molecule has 1 rings (SSSR count). The zero-order valence-electron chi connectivity index (χ0n) is 10.4. The van der Waals surface area contributed by atoms with Gasteiger partial charge in [0.25, 0.3) is 0 Å². The van der Waals surface area contributed by atoms with E-state index in [0.717, 1.165) is 6.08 Å². The van der Waals surface area contributed by atoms with Crippen molar-refractivity contribution in [2.45, 2.75) is 20.0 Å². The van der Waals surface area contributed by atoms with Crippen LogP contribution in [-0.4, -0.2) is 24.3 Å². The van der Waals surface area contributed by atoms with Crippen LogP contribution in [0.4, 0.5) is 0 Å². The van der Waals surface area contributed by atoms with Crippen LogP contribution < -0.4 is 9.47 Å². The fraction of sp³-hybridized carbons (Fsp3) is 0.308. The Bertz CT molecular complexity index is 466. The Morgan fingerprint density at radius 2 is 2.06 bits per heavy atom. The fourth-order valence-electron chi connectivity index (χ4n) is 1.35. The smallest absolute Gasteiger partial charge is 0.328 e. The van der Waals surface area contributed by atoms with Crippen molar-refractivity contribution in [2.24, 2.45) is 0 Å². The Morgan fingerprint density at radius 3 is 2.56 bits per heavy atom. The number of carboxylic acids is 1. The summed E-state index contributed by atoms with van der Waals surface area (Å²) in [5.74, 6) is 0.00987. The van der Waals surface area contributed by atoms with Crippen LogP contribution in [0.1, 0.15) is 19.4 Å². The molecule has 4 nitrogen and oxygen atoms in total. The summed E-state index contributed by atoms with van der Waals surface area (Å²) < 4.78 is 10.7. The molecule has 0 aliphatic rings. The average Bonchev–Trinajstić information content (AvgIpc) is 2.27. The van der Waals surface area contributed by atoms with Crippen molar-refractivity contribution >= 4 is 23.6 Å². The maximum Gasteiger partial charge on any atom is 0.328 e. The minimum Gasteiger partial charge on any atom is -0.493 e. The Balaban J connectivity index is 3.13. The van der Waals surface area contributed by atoms with Crippen molar-refractivity contribution in [3.63, 3.8) is 0 Å². The van der Waals surface area contributed by atoms with Crippen molar-refractivity contribution in [1.82, 2.24) is 0 Å². The number of carbonyl (C=O) groups is 1. The standard InChI is InChI=1S/C13H15ClO4/c1-8(2)18-12-7-10(14)9(4-5-13(15)16)6-11(12)17-3/h4-8H,1-3H3,(H,15,16). The van der Waals surface area contributed by atoms with E-state index in [1.807, 2.05) is 13.8 Å². The maximum atomic E-state index is 10.5. The van der Waals surface area contributed by atoms with Gasteiger partial charge in [-0.3, -0.25) is 0 Å². The van der Waals surface area contributed by atoms with Gasteiger partial charge in [-0.25, -0.2) is 4.79 Å². The summed E-state index contributed by atoms with van der Waals surface area (Å²) in [6.45, 7) is 3.79. The Kier molecular flexibility index (Phi) is 5.04. The molecule has 0 aliphatic carbocycles. The van der Waals surface area contributed by atoms with Gasteiger partial charge in [0.15, 0.2) is 11.5 Å². The molecule has 5 heteroatoms. The molecule has 0 saturated heterocycles. The highest BCUT2D eigenvalue weighted by Gasteiger charge is 2.10. The van der Waals surface area contributed by atoms with Crippen LogP contribution in [0.5, 0.6) is 11.5 Å². The molecule has 0 heterocycles. The van der Waals surface area contributed by atoms with E-state index in [1.54, 1.807) is 12.1 Å². The highest BCUT2D eigenvalue weighted by Crippen LogP contribution is 2.34. The number of ether oxygens (including phenoxy) is 2. The second kappa shape index (κ2) is 6.31. The van der Waals surface area contributed by atoms with Crippen LogP contribution in [0.2, 0.25) is 5.02 Å². The van der Waals surface area contributed by atoms with E-state index in [9.17, 15) is 4.79 Å². The largest absolute Gasteiger partial charge is 0.493 e. The molecule has 1 N–H and O–H groups in total. The molecule has 0 aliphatic heterocycles. The lowest BCUT2D eigenvalue weighted by molar-refractivity contribution is -0.131. The van der Waals surface area contributed by atoms with E-state index in [-0.39, 0.29) is 6.10 Å². The number of hydrogen-bond donors (Lipinski definition) is 1. The zero-order valence-corrected chi connectivity index (χ0v) is 11.2. The van der Waals surface area contributed by atoms with Gasteiger partial charge in [-0.1, -0.05) is 11.6 Å². The molecule has 0 saturated carbocycles. The number of methoxy groups -OCH3 is 1. The molecule has 0 unspecified atom stereocenters. The minimum atomic E-state index is -1.03. The van der Waals surface area contributed by atoms with Crippen molar-refractivity contribution in [1.29, 1.82) is 0 Å². The molecule has 0 spiro atoms. The summed E-state index contributed by atoms with van der Waals surface area (Å²) in [4.78, 5) is 10.5. The third-order valence-electron chi connectivity index (χ3n) is 2.05. The van der Waals surface area contributed by atoms with Gasteiger partial charge in [-0.15, -0.1) is 0 Å². The third-order valence-corrected chi connectivity index (χ3v) is 2.38. The van der Waals surface area contributed by atoms with Gasteiger partial charge in [0, 0.05) is 12.1 Å². The molecule has 0 atom stereocenters. The highest BCUT2D eigenvalue weighted by atomic mass is 35.5. The van der Waals surface area contributed by atoms with Gasteiger partial charge >= 0.3 is 5.97 Å². The second-order valence-electron chi connectivity index (χ2n) is 3.86. The summed E-state index contributed by atoms with van der Waals surface area (Å²) >= 11 is 6.05. The lowest BCUT2D eigenvalue weighted by Gasteiger charge is -2.14. The summed E-state index contributed by atoms with van der Waals surface area (Å²) in [6.07, 6.45) is 2.42. The van der Waals surface area contributed by atoms with Crippen LogP contribution in [0.25, 0.3) is 6.08 Å². The van der Waals surface area contributed by atoms with Gasteiger partial charge < -0.3 is 14.6 Å². The van der Waals surface area contributed by atoms with Crippen LogP contribution >= 0.6 is 11.6 Å². The first-order chi connectivity index (χ1) is 8.43. The Morgan fingerprint density at radius 1 is 1.39 bits per heavy atom. The second-order valence-corrected chi connectivity index (χ2v) is 4.27. The summed E-state index contributed by atoms with van der Waals surface area (Å²) in [5.41, 5.74) is 0.562. The first kappa shape index (κ1) is 14.4. The average molecular weight is 271 g/mol. The van der Waals surface area contributed by atoms with E-state index in [2.05, 4.69) is 0 Å². The normalized spacial score (nSPS) is 10.9. The van der Waals surface area contributed by atoms with E-state index in [4.69, 9.17) is 26.2 Å². The molecule has 0 amide bonds. The minimum absolute atomic E-state index is 0.00428. The molecule has 1 aromatic rings. The summed E-state index contributed by atoms with van der Waals surface area (Å²) in [6, 6.07) is 3.25. The quantitative estimate of drug-likeness (QED) is 0.835. The predicted molar refractivity (Wildman–Crippen MR) is 70.4 cm³/mol. The van der Waals surface area contributed by atoms with E-state index in [0.29, 0.717) is 22.1 Å². The van der Waals surface area contributed by atoms with Crippen molar-refractivity contribution in [2.75, 3.05) is 7.11 Å². The molecule has 18 heavy (non-hydrogen) atoms. The first-order valence-electron chi connectivity index (χ1n) is 5.39. The SMILES string of the molecule is COc1cc(C=CC(=O)O)c(Cl)cc1OC(C)C. The van der Waals surface area contributed by atoms with Crippen molar-refractivity contribution in [3.05, 3.63) is 28.8 Å². The van der Waals surface area contributed by atoms with Gasteiger partial charge in [0.05, 0.1) is 18.2 Å². The van der Waals surface area contributed by atoms with Gasteiger partial charge in [0.1, 0.15) is 0 Å². The number of benzene rings is 1. The van der Waals surface area contributed by atoms with Crippen molar-refractivity contribution < 1.29 is 19.4 Å². The first-order valence-corrected chi connectivity index (χ1v) is 5.77. The Labute approximate surface area is 111 Å². The number of carboxylic acid groups (broad SMARTS) is 1. The van der Waals surface area contributed by atoms with E-state index in [1.165, 1.54) is 13.2 Å². The molecule has 98 valence electrons. The molecular formula is C13H15ClO4. The van der Waals surface area contributed by atoms with Gasteiger partial charge in [-0.2, -0.15) is 0 Å². The Hall–Kier alpha value is -1.68. The van der Waals surface area contributed by atoms with E-state index < -0.39 is 5.97 Å². The van der Waals surface area contributed by atoms with Gasteiger partial charge in [-0.05, 0) is 31.6 Å². The monoisotopic (exact) mass is 270 g/mol. The highest BCUT2D eigenvalue weighted by molar-refractivity contribution is 6.32. The van der Waals surface area contributed by atoms with Crippen LogP contribution in [0.3, 0.4) is 0 Å². The molecule has 0 aromatic heterocycles. The molecular weight excluding hydrogens is 256 g/mol. The number of aliphatic carboxylic acids is 1. The molecule has 0 fully saturated rings. The number of rotatable bonds is 5. The summed E-state index contributed by atoms with van der Waals surface area (Å²) in [5, 5.41) is 8.99. The van der Waals surface area contributed by atoms with Gasteiger partial charge in [0.2, 0.25) is 0 Å². The van der Waals surface area contributed by atoms with Crippen LogP contribution in [0.15, 0.2) is 18.2 Å². The number of halogens is 1. The lowest BCUT2D eigenvalue weighted by atomic mass is 10.2. The molecule has 0 bridgehead atoms. The van der Waals surface area contributed by atoms with Crippen LogP contribution in [-0.2, 0) is 4.79 Å². The fourth-order valence-corrected chi connectivity index (χ4v) is 1.56. The molecule has 0 radical (unpaired) electrons. The van der Waals surface area contributed by atoms with Crippen LogP contribution in [0, 0.1) is 0 Å². The number of hydrogen-bond acceptors (Lipinski definition) is 3. The zero-order chi connectivity index (χ0) is 13.7. The molecule has 1 aromatic carbocycles. The van der Waals surface area contributed by atoms with E-state index >= 15 is 0 Å². The lowest BCUT2D eigenvalue weighted by Crippen LogP contribution is -2.06. The third kappa shape index (κ3) is 3.96. The maximum absolute atomic E-state index is 10.5.